The average Bonchev–Trinajstić information content (AvgIpc) is 2.74. The molecule has 0 aliphatic carbocycles. The summed E-state index contributed by atoms with van der Waals surface area (Å²) < 4.78 is 5.24. The minimum Gasteiger partial charge on any atom is -0.480 e. The largest absolute Gasteiger partial charge is 0.480 e. The fourth-order valence-corrected chi connectivity index (χ4v) is 2.19. The molecule has 0 spiro atoms. The number of carboxylic acid groups (broad SMARTS) is 1. The summed E-state index contributed by atoms with van der Waals surface area (Å²) in [4.78, 5) is 17.1. The summed E-state index contributed by atoms with van der Waals surface area (Å²) in [5.74, 6) is -0.784. The lowest BCUT2D eigenvalue weighted by atomic mass is 10.2. The van der Waals surface area contributed by atoms with Gasteiger partial charge in [0.2, 0.25) is 0 Å². The van der Waals surface area contributed by atoms with Crippen LogP contribution in [0.2, 0.25) is 0 Å². The molecular weight excluding hydrogens is 220 g/mol. The van der Waals surface area contributed by atoms with E-state index in [1.54, 1.807) is 19.5 Å². The lowest BCUT2D eigenvalue weighted by Crippen LogP contribution is -2.35. The van der Waals surface area contributed by atoms with Crippen LogP contribution in [-0.4, -0.2) is 46.8 Å². The minimum absolute atomic E-state index is 0.00720. The van der Waals surface area contributed by atoms with Crippen molar-refractivity contribution in [1.82, 2.24) is 9.88 Å². The summed E-state index contributed by atoms with van der Waals surface area (Å²) in [6, 6.07) is 3.35. The number of aliphatic carboxylic acids is 1. The molecule has 92 valence electrons. The van der Waals surface area contributed by atoms with Gasteiger partial charge in [0.25, 0.3) is 0 Å². The number of hydrogen-bond donors (Lipinski definition) is 1. The average molecular weight is 236 g/mol. The van der Waals surface area contributed by atoms with Crippen LogP contribution in [0.4, 0.5) is 0 Å². The summed E-state index contributed by atoms with van der Waals surface area (Å²) in [6.45, 7) is 1.26. The lowest BCUT2D eigenvalue weighted by molar-refractivity contribution is -0.142. The molecule has 2 atom stereocenters. The zero-order valence-corrected chi connectivity index (χ0v) is 9.74. The van der Waals surface area contributed by atoms with E-state index in [1.807, 2.05) is 17.0 Å². The molecule has 2 heterocycles. The molecule has 1 saturated heterocycles. The number of carboxylic acids is 1. The van der Waals surface area contributed by atoms with Gasteiger partial charge in [0.1, 0.15) is 6.04 Å². The van der Waals surface area contributed by atoms with Crippen molar-refractivity contribution in [1.29, 1.82) is 0 Å². The van der Waals surface area contributed by atoms with Crippen LogP contribution in [0.25, 0.3) is 0 Å². The van der Waals surface area contributed by atoms with Crippen molar-refractivity contribution in [2.75, 3.05) is 13.7 Å². The quantitative estimate of drug-likeness (QED) is 0.836. The SMILES string of the molecule is COC1CC(C(=O)O)N(Cc2cccnc2)C1. The Hall–Kier alpha value is -1.46. The molecular formula is C12H16N2O3. The molecule has 5 nitrogen and oxygen atoms in total. The van der Waals surface area contributed by atoms with Gasteiger partial charge in [-0.3, -0.25) is 14.7 Å². The molecule has 0 bridgehead atoms. The van der Waals surface area contributed by atoms with Crippen LogP contribution in [0.5, 0.6) is 0 Å². The topological polar surface area (TPSA) is 62.7 Å². The summed E-state index contributed by atoms with van der Waals surface area (Å²) in [6.07, 6.45) is 4.03. The zero-order chi connectivity index (χ0) is 12.3. The number of nitrogens with zero attached hydrogens (tertiary/aromatic N) is 2. The number of hydrogen-bond acceptors (Lipinski definition) is 4. The number of ether oxygens (including phenoxy) is 1. The first-order valence-corrected chi connectivity index (χ1v) is 5.59. The summed E-state index contributed by atoms with van der Waals surface area (Å²) in [7, 11) is 1.62. The number of carbonyl (C=O) groups is 1. The van der Waals surface area contributed by atoms with Crippen molar-refractivity contribution in [2.24, 2.45) is 0 Å². The number of rotatable bonds is 4. The molecule has 2 rings (SSSR count). The predicted molar refractivity (Wildman–Crippen MR) is 61.5 cm³/mol. The van der Waals surface area contributed by atoms with Gasteiger partial charge in [-0.15, -0.1) is 0 Å². The van der Waals surface area contributed by atoms with Crippen molar-refractivity contribution in [2.45, 2.75) is 25.1 Å². The number of methoxy groups -OCH3 is 1. The normalized spacial score (nSPS) is 25.0. The fourth-order valence-electron chi connectivity index (χ4n) is 2.19. The second kappa shape index (κ2) is 5.25. The molecule has 0 amide bonds. The van der Waals surface area contributed by atoms with Crippen LogP contribution < -0.4 is 0 Å². The van der Waals surface area contributed by atoms with Crippen molar-refractivity contribution in [3.8, 4) is 0 Å². The Labute approximate surface area is 100 Å². The van der Waals surface area contributed by atoms with E-state index >= 15 is 0 Å². The monoisotopic (exact) mass is 236 g/mol. The van der Waals surface area contributed by atoms with E-state index in [-0.39, 0.29) is 6.10 Å². The first-order valence-electron chi connectivity index (χ1n) is 5.59. The van der Waals surface area contributed by atoms with Gasteiger partial charge >= 0.3 is 5.97 Å². The number of pyridine rings is 1. The molecule has 5 heteroatoms. The molecule has 1 aromatic rings. The number of likely N-dealkylation sites (tertiary alicyclic amines) is 1. The van der Waals surface area contributed by atoms with Crippen molar-refractivity contribution in [3.63, 3.8) is 0 Å². The molecule has 1 aliphatic rings. The zero-order valence-electron chi connectivity index (χ0n) is 9.74. The Morgan fingerprint density at radius 3 is 3.12 bits per heavy atom. The van der Waals surface area contributed by atoms with Crippen LogP contribution in [0.15, 0.2) is 24.5 Å². The molecule has 1 aliphatic heterocycles. The molecule has 17 heavy (non-hydrogen) atoms. The predicted octanol–water partition coefficient (Wildman–Crippen LogP) is 0.755. The standard InChI is InChI=1S/C12H16N2O3/c1-17-10-5-11(12(15)16)14(8-10)7-9-3-2-4-13-6-9/h2-4,6,10-11H,5,7-8H2,1H3,(H,15,16). The Morgan fingerprint density at radius 2 is 2.53 bits per heavy atom. The second-order valence-corrected chi connectivity index (χ2v) is 4.24. The van der Waals surface area contributed by atoms with E-state index in [9.17, 15) is 4.79 Å². The van der Waals surface area contributed by atoms with Crippen molar-refractivity contribution >= 4 is 5.97 Å². The fraction of sp³-hybridized carbons (Fsp3) is 0.500. The third-order valence-corrected chi connectivity index (χ3v) is 3.09. The molecule has 2 unspecified atom stereocenters. The third-order valence-electron chi connectivity index (χ3n) is 3.09. The molecule has 1 fully saturated rings. The van der Waals surface area contributed by atoms with E-state index in [1.165, 1.54) is 0 Å². The Balaban J connectivity index is 2.06. The Bertz CT molecular complexity index is 383. The van der Waals surface area contributed by atoms with Gasteiger partial charge in [0.05, 0.1) is 6.10 Å². The molecule has 1 N–H and O–H groups in total. The Kier molecular flexibility index (Phi) is 3.71. The summed E-state index contributed by atoms with van der Waals surface area (Å²) >= 11 is 0. The van der Waals surface area contributed by atoms with E-state index in [0.717, 1.165) is 5.56 Å². The van der Waals surface area contributed by atoms with E-state index in [2.05, 4.69) is 4.98 Å². The third kappa shape index (κ3) is 2.81. The van der Waals surface area contributed by atoms with Gasteiger partial charge in [0, 0.05) is 39.0 Å². The maximum absolute atomic E-state index is 11.2. The number of aromatic nitrogens is 1. The van der Waals surface area contributed by atoms with Gasteiger partial charge in [-0.25, -0.2) is 0 Å². The van der Waals surface area contributed by atoms with Crippen LogP contribution in [0.1, 0.15) is 12.0 Å². The van der Waals surface area contributed by atoms with Gasteiger partial charge in [-0.2, -0.15) is 0 Å². The maximum Gasteiger partial charge on any atom is 0.321 e. The maximum atomic E-state index is 11.2. The van der Waals surface area contributed by atoms with Crippen LogP contribution in [0.3, 0.4) is 0 Å². The second-order valence-electron chi connectivity index (χ2n) is 4.24. The van der Waals surface area contributed by atoms with Crippen molar-refractivity contribution in [3.05, 3.63) is 30.1 Å². The minimum atomic E-state index is -0.784. The highest BCUT2D eigenvalue weighted by atomic mass is 16.5. The Morgan fingerprint density at radius 1 is 1.71 bits per heavy atom. The van der Waals surface area contributed by atoms with E-state index in [4.69, 9.17) is 9.84 Å². The van der Waals surface area contributed by atoms with Gasteiger partial charge in [-0.1, -0.05) is 6.07 Å². The molecule has 1 aromatic heterocycles. The smallest absolute Gasteiger partial charge is 0.321 e. The first-order chi connectivity index (χ1) is 8.20. The van der Waals surface area contributed by atoms with Crippen LogP contribution in [0, 0.1) is 0 Å². The highest BCUT2D eigenvalue weighted by molar-refractivity contribution is 5.74. The summed E-state index contributed by atoms with van der Waals surface area (Å²) in [5, 5.41) is 9.16. The van der Waals surface area contributed by atoms with Gasteiger partial charge in [0.15, 0.2) is 0 Å². The van der Waals surface area contributed by atoms with Crippen molar-refractivity contribution < 1.29 is 14.6 Å². The van der Waals surface area contributed by atoms with E-state index in [0.29, 0.717) is 19.5 Å². The highest BCUT2D eigenvalue weighted by Crippen LogP contribution is 2.22. The highest BCUT2D eigenvalue weighted by Gasteiger charge is 2.36. The molecule has 0 aromatic carbocycles. The van der Waals surface area contributed by atoms with Crippen LogP contribution >= 0.6 is 0 Å². The lowest BCUT2D eigenvalue weighted by Gasteiger charge is -2.20. The molecule has 0 saturated carbocycles. The summed E-state index contributed by atoms with van der Waals surface area (Å²) in [5.41, 5.74) is 1.02. The van der Waals surface area contributed by atoms with E-state index < -0.39 is 12.0 Å². The van der Waals surface area contributed by atoms with Crippen LogP contribution in [-0.2, 0) is 16.1 Å². The first kappa shape index (κ1) is 12.0. The molecule has 0 radical (unpaired) electrons. The van der Waals surface area contributed by atoms with Gasteiger partial charge in [-0.05, 0) is 11.6 Å². The van der Waals surface area contributed by atoms with Gasteiger partial charge < -0.3 is 9.84 Å².